The summed E-state index contributed by atoms with van der Waals surface area (Å²) in [5.74, 6) is -0.707. The Labute approximate surface area is 200 Å². The van der Waals surface area contributed by atoms with E-state index in [1.54, 1.807) is 52.8 Å². The first-order valence-electron chi connectivity index (χ1n) is 10.5. The van der Waals surface area contributed by atoms with Gasteiger partial charge in [-0.3, -0.25) is 5.32 Å². The summed E-state index contributed by atoms with van der Waals surface area (Å²) in [4.78, 5) is 46.2. The number of nitrogens with one attached hydrogen (secondary N) is 1. The van der Waals surface area contributed by atoms with Gasteiger partial charge in [0.25, 0.3) is 0 Å². The molecule has 0 fully saturated rings. The summed E-state index contributed by atoms with van der Waals surface area (Å²) in [6.45, 7) is 8.76. The minimum Gasteiger partial charge on any atom is -0.462 e. The molecule has 0 saturated heterocycles. The van der Waals surface area contributed by atoms with Gasteiger partial charge in [0.15, 0.2) is 12.4 Å². The van der Waals surface area contributed by atoms with Gasteiger partial charge >= 0.3 is 18.0 Å². The molecule has 0 aliphatic rings. The number of carbonyl (C=O) groups excluding carboxylic acids is 3. The summed E-state index contributed by atoms with van der Waals surface area (Å²) >= 11 is 1.14. The zero-order valence-electron chi connectivity index (χ0n) is 19.6. The number of fused-ring (bicyclic) bond motifs is 1. The van der Waals surface area contributed by atoms with E-state index in [0.717, 1.165) is 11.3 Å². The second-order valence-corrected chi connectivity index (χ2v) is 9.26. The van der Waals surface area contributed by atoms with Crippen LogP contribution in [0.3, 0.4) is 0 Å². The van der Waals surface area contributed by atoms with Crippen LogP contribution in [0.15, 0.2) is 24.3 Å². The Morgan fingerprint density at radius 3 is 2.53 bits per heavy atom. The molecule has 0 aliphatic heterocycles. The fraction of sp³-hybridized carbons (Fsp3) is 0.348. The maximum absolute atomic E-state index is 12.5. The quantitative estimate of drug-likeness (QED) is 0.381. The number of nitrogen functional groups attached to an aromatic ring is 1. The molecule has 1 aromatic carbocycles. The summed E-state index contributed by atoms with van der Waals surface area (Å²) in [6, 6.07) is 6.25. The largest absolute Gasteiger partial charge is 0.462 e. The maximum atomic E-state index is 12.5. The summed E-state index contributed by atoms with van der Waals surface area (Å²) in [6.07, 6.45) is -0.636. The number of thiophene rings is 1. The minimum atomic E-state index is -0.651. The van der Waals surface area contributed by atoms with Crippen molar-refractivity contribution >= 4 is 51.1 Å². The van der Waals surface area contributed by atoms with Crippen molar-refractivity contribution in [2.24, 2.45) is 0 Å². The fourth-order valence-electron chi connectivity index (χ4n) is 3.03. The van der Waals surface area contributed by atoms with Crippen molar-refractivity contribution in [1.29, 1.82) is 0 Å². The molecule has 0 bridgehead atoms. The number of aromatic nitrogens is 2. The molecule has 34 heavy (non-hydrogen) atoms. The van der Waals surface area contributed by atoms with Gasteiger partial charge in [-0.1, -0.05) is 6.07 Å². The average Bonchev–Trinajstić information content (AvgIpc) is 3.08. The lowest BCUT2D eigenvalue weighted by atomic mass is 10.2. The maximum Gasteiger partial charge on any atom is 0.412 e. The van der Waals surface area contributed by atoms with Gasteiger partial charge in [0.05, 0.1) is 17.6 Å². The van der Waals surface area contributed by atoms with E-state index in [4.69, 9.17) is 19.9 Å². The van der Waals surface area contributed by atoms with E-state index in [1.165, 1.54) is 6.07 Å². The van der Waals surface area contributed by atoms with Gasteiger partial charge in [-0.2, -0.15) is 0 Å². The van der Waals surface area contributed by atoms with Gasteiger partial charge in [0.2, 0.25) is 0 Å². The van der Waals surface area contributed by atoms with Crippen molar-refractivity contribution in [3.05, 3.63) is 46.1 Å². The third-order valence-electron chi connectivity index (χ3n) is 4.40. The van der Waals surface area contributed by atoms with Crippen LogP contribution >= 0.6 is 11.3 Å². The highest BCUT2D eigenvalue weighted by molar-refractivity contribution is 7.20. The van der Waals surface area contributed by atoms with Crippen LogP contribution in [0, 0.1) is 6.92 Å². The van der Waals surface area contributed by atoms with E-state index in [9.17, 15) is 14.4 Å². The molecule has 0 saturated carbocycles. The summed E-state index contributed by atoms with van der Waals surface area (Å²) in [7, 11) is 0. The van der Waals surface area contributed by atoms with Crippen LogP contribution in [0.4, 0.5) is 16.3 Å². The highest BCUT2D eigenvalue weighted by Gasteiger charge is 2.21. The van der Waals surface area contributed by atoms with Gasteiger partial charge in [-0.05, 0) is 58.4 Å². The van der Waals surface area contributed by atoms with Crippen molar-refractivity contribution in [2.45, 2.75) is 46.8 Å². The van der Waals surface area contributed by atoms with E-state index in [1.807, 2.05) is 0 Å². The summed E-state index contributed by atoms with van der Waals surface area (Å²) in [5.41, 5.74) is 6.68. The zero-order chi connectivity index (χ0) is 25.0. The molecule has 3 N–H and O–H groups in total. The highest BCUT2D eigenvalue weighted by Crippen LogP contribution is 2.33. The number of esters is 2. The molecule has 2 aromatic heterocycles. The fourth-order valence-corrected chi connectivity index (χ4v) is 4.13. The lowest BCUT2D eigenvalue weighted by Gasteiger charge is -2.19. The Kier molecular flexibility index (Phi) is 7.35. The van der Waals surface area contributed by atoms with Crippen LogP contribution in [0.25, 0.3) is 10.2 Å². The van der Waals surface area contributed by atoms with E-state index in [-0.39, 0.29) is 30.4 Å². The molecule has 0 aliphatic carbocycles. The molecular weight excluding hydrogens is 460 g/mol. The van der Waals surface area contributed by atoms with E-state index < -0.39 is 23.6 Å². The van der Waals surface area contributed by atoms with Gasteiger partial charge in [-0.15, -0.1) is 11.3 Å². The molecule has 1 amide bonds. The Morgan fingerprint density at radius 1 is 1.12 bits per heavy atom. The number of hydrogen-bond acceptors (Lipinski definition) is 10. The van der Waals surface area contributed by atoms with Crippen LogP contribution in [0.5, 0.6) is 0 Å². The van der Waals surface area contributed by atoms with Crippen molar-refractivity contribution in [3.63, 3.8) is 0 Å². The molecule has 0 unspecified atom stereocenters. The number of aryl methyl sites for hydroxylation is 1. The average molecular weight is 487 g/mol. The molecule has 3 rings (SSSR count). The first kappa shape index (κ1) is 24.9. The Hall–Kier alpha value is -3.73. The topological polar surface area (TPSA) is 143 Å². The lowest BCUT2D eigenvalue weighted by molar-refractivity contribution is 0.0461. The van der Waals surface area contributed by atoms with E-state index in [0.29, 0.717) is 26.3 Å². The second-order valence-electron chi connectivity index (χ2n) is 8.27. The Balaban J connectivity index is 1.72. The third-order valence-corrected chi connectivity index (χ3v) is 5.57. The summed E-state index contributed by atoms with van der Waals surface area (Å²) < 4.78 is 15.6. The number of ether oxygens (including phenoxy) is 3. The minimum absolute atomic E-state index is 0.184. The van der Waals surface area contributed by atoms with Gasteiger partial charge in [0, 0.05) is 5.69 Å². The number of rotatable bonds is 6. The molecule has 10 nitrogen and oxygen atoms in total. The predicted octanol–water partition coefficient (Wildman–Crippen LogP) is 4.46. The summed E-state index contributed by atoms with van der Waals surface area (Å²) in [5, 5.41) is 3.15. The van der Waals surface area contributed by atoms with Crippen molar-refractivity contribution < 1.29 is 28.6 Å². The normalized spacial score (nSPS) is 11.2. The van der Waals surface area contributed by atoms with E-state index in [2.05, 4.69) is 15.3 Å². The van der Waals surface area contributed by atoms with Crippen LogP contribution < -0.4 is 11.1 Å². The smallest absolute Gasteiger partial charge is 0.412 e. The van der Waals surface area contributed by atoms with Crippen molar-refractivity contribution in [1.82, 2.24) is 9.97 Å². The molecule has 0 spiro atoms. The predicted molar refractivity (Wildman–Crippen MR) is 128 cm³/mol. The van der Waals surface area contributed by atoms with Crippen molar-refractivity contribution in [2.75, 3.05) is 17.7 Å². The molecule has 2 heterocycles. The number of carbonyl (C=O) groups is 3. The monoisotopic (exact) mass is 486 g/mol. The molecular formula is C23H26N4O6S. The molecule has 11 heteroatoms. The number of nitrogens with two attached hydrogens (primary N) is 1. The van der Waals surface area contributed by atoms with Crippen molar-refractivity contribution in [3.8, 4) is 0 Å². The molecule has 0 radical (unpaired) electrons. The van der Waals surface area contributed by atoms with Crippen LogP contribution in [-0.2, 0) is 20.8 Å². The van der Waals surface area contributed by atoms with Crippen LogP contribution in [0.1, 0.15) is 59.1 Å². The number of anilines is 2. The Morgan fingerprint density at radius 2 is 1.85 bits per heavy atom. The lowest BCUT2D eigenvalue weighted by Crippen LogP contribution is -2.27. The first-order chi connectivity index (χ1) is 16.0. The molecule has 0 atom stereocenters. The number of amides is 1. The Bertz CT molecular complexity index is 1250. The van der Waals surface area contributed by atoms with E-state index >= 15 is 0 Å². The van der Waals surface area contributed by atoms with Crippen LogP contribution in [-0.4, -0.2) is 40.2 Å². The number of hydrogen-bond donors (Lipinski definition) is 2. The highest BCUT2D eigenvalue weighted by atomic mass is 32.1. The second kappa shape index (κ2) is 10.0. The number of benzene rings is 1. The van der Waals surface area contributed by atoms with Crippen LogP contribution in [0.2, 0.25) is 0 Å². The standard InChI is InChI=1S/C23H26N4O6S/c1-6-31-21(29)17-12(2)16-18(24)26-15(27-19(16)34-17)11-32-20(28)13-8-7-9-14(10-13)25-22(30)33-23(3,4)5/h7-10H,6,11H2,1-5H3,(H,25,30)(H2,24,26,27). The molecule has 3 aromatic rings. The third kappa shape index (κ3) is 5.98. The van der Waals surface area contributed by atoms with Gasteiger partial charge in [0.1, 0.15) is 21.1 Å². The number of nitrogens with zero attached hydrogens (tertiary/aromatic N) is 2. The SMILES string of the molecule is CCOC(=O)c1sc2nc(COC(=O)c3cccc(NC(=O)OC(C)(C)C)c3)nc(N)c2c1C. The first-order valence-corrected chi connectivity index (χ1v) is 11.3. The molecule has 180 valence electrons. The zero-order valence-corrected chi connectivity index (χ0v) is 20.4. The van der Waals surface area contributed by atoms with Gasteiger partial charge < -0.3 is 19.9 Å². The van der Waals surface area contributed by atoms with Gasteiger partial charge in [-0.25, -0.2) is 24.4 Å².